The van der Waals surface area contributed by atoms with Crippen LogP contribution in [0.25, 0.3) is 5.65 Å². The average molecular weight is 362 g/mol. The number of alkyl halides is 3. The molecule has 0 aliphatic heterocycles. The van der Waals surface area contributed by atoms with E-state index >= 15 is 0 Å². The predicted octanol–water partition coefficient (Wildman–Crippen LogP) is 3.63. The van der Waals surface area contributed by atoms with Crippen molar-refractivity contribution in [3.63, 3.8) is 0 Å². The summed E-state index contributed by atoms with van der Waals surface area (Å²) in [4.78, 5) is 20.9. The van der Waals surface area contributed by atoms with E-state index in [0.717, 1.165) is 24.2 Å². The molecule has 0 saturated carbocycles. The fourth-order valence-corrected chi connectivity index (χ4v) is 2.68. The van der Waals surface area contributed by atoms with Gasteiger partial charge in [0.2, 0.25) is 0 Å². The summed E-state index contributed by atoms with van der Waals surface area (Å²) in [5, 5.41) is 2.74. The van der Waals surface area contributed by atoms with Crippen LogP contribution in [0.2, 0.25) is 0 Å². The average Bonchev–Trinajstić information content (AvgIpc) is 2.97. The van der Waals surface area contributed by atoms with Crippen LogP contribution in [0.5, 0.6) is 0 Å². The van der Waals surface area contributed by atoms with Crippen molar-refractivity contribution in [2.45, 2.75) is 32.5 Å². The van der Waals surface area contributed by atoms with Crippen molar-refractivity contribution >= 4 is 11.6 Å². The van der Waals surface area contributed by atoms with Crippen LogP contribution in [0.1, 0.15) is 40.7 Å². The maximum absolute atomic E-state index is 13.0. The Balaban J connectivity index is 1.98. The fourth-order valence-electron chi connectivity index (χ4n) is 2.68. The van der Waals surface area contributed by atoms with Crippen LogP contribution in [0.3, 0.4) is 0 Å². The number of fused-ring (bicyclic) bond motifs is 1. The summed E-state index contributed by atoms with van der Waals surface area (Å²) in [6.45, 7) is 2.17. The van der Waals surface area contributed by atoms with Gasteiger partial charge in [0, 0.05) is 25.1 Å². The van der Waals surface area contributed by atoms with Gasteiger partial charge in [-0.1, -0.05) is 13.3 Å². The van der Waals surface area contributed by atoms with Gasteiger partial charge in [0.1, 0.15) is 11.3 Å². The molecule has 3 rings (SSSR count). The van der Waals surface area contributed by atoms with Crippen LogP contribution in [-0.2, 0) is 19.1 Å². The monoisotopic (exact) mass is 362 g/mol. The number of hydrogen-bond donors (Lipinski definition) is 1. The van der Waals surface area contributed by atoms with Crippen LogP contribution < -0.4 is 5.32 Å². The highest BCUT2D eigenvalue weighted by atomic mass is 19.4. The first-order valence-electron chi connectivity index (χ1n) is 8.15. The third-order valence-corrected chi connectivity index (χ3v) is 3.92. The molecule has 1 N–H and O–H groups in total. The molecule has 0 aliphatic rings. The molecule has 0 bridgehead atoms. The lowest BCUT2D eigenvalue weighted by molar-refractivity contribution is -0.137. The number of hydrogen-bond acceptors (Lipinski definition) is 3. The largest absolute Gasteiger partial charge is 0.417 e. The smallest absolute Gasteiger partial charge is 0.347 e. The van der Waals surface area contributed by atoms with Crippen LogP contribution >= 0.6 is 0 Å². The number of imidazole rings is 1. The van der Waals surface area contributed by atoms with Gasteiger partial charge in [0.05, 0.1) is 11.3 Å². The maximum Gasteiger partial charge on any atom is 0.417 e. The minimum absolute atomic E-state index is 0.141. The van der Waals surface area contributed by atoms with Gasteiger partial charge in [0.25, 0.3) is 5.91 Å². The second-order valence-corrected chi connectivity index (χ2v) is 5.84. The molecule has 0 fully saturated rings. The molecule has 0 unspecified atom stereocenters. The van der Waals surface area contributed by atoms with Crippen LogP contribution in [0.4, 0.5) is 13.2 Å². The first kappa shape index (κ1) is 17.9. The molecule has 3 heterocycles. The van der Waals surface area contributed by atoms with Gasteiger partial charge in [-0.25, -0.2) is 4.98 Å². The molecule has 0 radical (unpaired) electrons. The zero-order valence-corrected chi connectivity index (χ0v) is 14.0. The van der Waals surface area contributed by atoms with Gasteiger partial charge in [-0.2, -0.15) is 13.2 Å². The molecule has 1 amide bonds. The number of aryl methyl sites for hydroxylation is 1. The van der Waals surface area contributed by atoms with Crippen molar-refractivity contribution in [1.82, 2.24) is 19.7 Å². The highest BCUT2D eigenvalue weighted by molar-refractivity contribution is 5.94. The summed E-state index contributed by atoms with van der Waals surface area (Å²) >= 11 is 0. The minimum atomic E-state index is -4.49. The normalized spacial score (nSPS) is 11.7. The second kappa shape index (κ2) is 7.15. The summed E-state index contributed by atoms with van der Waals surface area (Å²) in [6.07, 6.45) is 0.861. The highest BCUT2D eigenvalue weighted by Crippen LogP contribution is 2.30. The van der Waals surface area contributed by atoms with Crippen LogP contribution in [0.15, 0.2) is 42.9 Å². The first-order valence-corrected chi connectivity index (χ1v) is 8.15. The summed E-state index contributed by atoms with van der Waals surface area (Å²) in [5.74, 6) is -0.461. The third kappa shape index (κ3) is 3.68. The maximum atomic E-state index is 13.0. The number of rotatable bonds is 5. The van der Waals surface area contributed by atoms with Crippen LogP contribution in [0, 0.1) is 0 Å². The molecule has 26 heavy (non-hydrogen) atoms. The molecule has 3 aromatic heterocycles. The first-order chi connectivity index (χ1) is 12.4. The Bertz CT molecular complexity index is 919. The van der Waals surface area contributed by atoms with E-state index in [4.69, 9.17) is 0 Å². The lowest BCUT2D eigenvalue weighted by atomic mass is 10.2. The summed E-state index contributed by atoms with van der Waals surface area (Å²) in [7, 11) is 0. The van der Waals surface area contributed by atoms with Gasteiger partial charge in [0.15, 0.2) is 0 Å². The lowest BCUT2D eigenvalue weighted by Gasteiger charge is -2.09. The van der Waals surface area contributed by atoms with Crippen molar-refractivity contribution in [2.24, 2.45) is 0 Å². The van der Waals surface area contributed by atoms with E-state index in [1.165, 1.54) is 10.5 Å². The fraction of sp³-hybridized carbons (Fsp3) is 0.278. The Labute approximate surface area is 147 Å². The Morgan fingerprint density at radius 2 is 1.92 bits per heavy atom. The molecule has 3 aromatic rings. The zero-order chi connectivity index (χ0) is 18.7. The van der Waals surface area contributed by atoms with E-state index in [0.29, 0.717) is 17.8 Å². The van der Waals surface area contributed by atoms with Crippen molar-refractivity contribution in [1.29, 1.82) is 0 Å². The van der Waals surface area contributed by atoms with Gasteiger partial charge in [-0.3, -0.25) is 14.2 Å². The summed E-state index contributed by atoms with van der Waals surface area (Å²) < 4.78 is 40.3. The molecule has 5 nitrogen and oxygen atoms in total. The van der Waals surface area contributed by atoms with Crippen molar-refractivity contribution in [3.05, 3.63) is 65.4 Å². The number of amides is 1. The predicted molar refractivity (Wildman–Crippen MR) is 89.6 cm³/mol. The Morgan fingerprint density at radius 3 is 2.58 bits per heavy atom. The third-order valence-electron chi connectivity index (χ3n) is 3.92. The van der Waals surface area contributed by atoms with Gasteiger partial charge >= 0.3 is 6.18 Å². The molecule has 0 spiro atoms. The molecule has 136 valence electrons. The number of pyridine rings is 2. The SMILES string of the molecule is CCCc1nc2ccc(C(F)(F)F)cn2c1C(=O)NCc1ccncc1. The molecule has 8 heteroatoms. The minimum Gasteiger partial charge on any atom is -0.347 e. The summed E-state index contributed by atoms with van der Waals surface area (Å²) in [6, 6.07) is 5.76. The molecular formula is C18H17F3N4O. The van der Waals surface area contributed by atoms with Gasteiger partial charge in [-0.15, -0.1) is 0 Å². The van der Waals surface area contributed by atoms with Crippen LogP contribution in [-0.4, -0.2) is 20.3 Å². The number of nitrogens with zero attached hydrogens (tertiary/aromatic N) is 3. The lowest BCUT2D eigenvalue weighted by Crippen LogP contribution is -2.25. The molecule has 0 aromatic carbocycles. The standard InChI is InChI=1S/C18H17F3N4O/c1-2-3-14-16(17(26)23-10-12-6-8-22-9-7-12)25-11-13(18(19,20)21)4-5-15(25)24-14/h4-9,11H,2-3,10H2,1H3,(H,23,26). The van der Waals surface area contributed by atoms with E-state index in [2.05, 4.69) is 15.3 Å². The van der Waals surface area contributed by atoms with Crippen molar-refractivity contribution < 1.29 is 18.0 Å². The van der Waals surface area contributed by atoms with E-state index in [1.54, 1.807) is 24.5 Å². The topological polar surface area (TPSA) is 59.3 Å². The van der Waals surface area contributed by atoms with E-state index in [9.17, 15) is 18.0 Å². The number of carbonyl (C=O) groups excluding carboxylic acids is 1. The number of halogens is 3. The number of carbonyl (C=O) groups is 1. The Kier molecular flexibility index (Phi) is 4.92. The molecule has 0 aliphatic carbocycles. The Morgan fingerprint density at radius 1 is 1.19 bits per heavy atom. The van der Waals surface area contributed by atoms with E-state index in [-0.39, 0.29) is 12.2 Å². The highest BCUT2D eigenvalue weighted by Gasteiger charge is 2.31. The number of aromatic nitrogens is 3. The van der Waals surface area contributed by atoms with Gasteiger partial charge in [-0.05, 0) is 36.2 Å². The molecule has 0 atom stereocenters. The van der Waals surface area contributed by atoms with E-state index < -0.39 is 17.6 Å². The quantitative estimate of drug-likeness (QED) is 0.754. The molecular weight excluding hydrogens is 345 g/mol. The van der Waals surface area contributed by atoms with E-state index in [1.807, 2.05) is 6.92 Å². The summed E-state index contributed by atoms with van der Waals surface area (Å²) in [5.41, 5.74) is 0.959. The van der Waals surface area contributed by atoms with Crippen molar-refractivity contribution in [2.75, 3.05) is 0 Å². The van der Waals surface area contributed by atoms with Gasteiger partial charge < -0.3 is 5.32 Å². The molecule has 0 saturated heterocycles. The van der Waals surface area contributed by atoms with Crippen molar-refractivity contribution in [3.8, 4) is 0 Å². The zero-order valence-electron chi connectivity index (χ0n) is 14.0. The second-order valence-electron chi connectivity index (χ2n) is 5.84. The Hall–Kier alpha value is -2.90. The number of nitrogens with one attached hydrogen (secondary N) is 1.